The summed E-state index contributed by atoms with van der Waals surface area (Å²) < 4.78 is 4.97. The van der Waals surface area contributed by atoms with Gasteiger partial charge in [-0.15, -0.1) is 11.3 Å². The van der Waals surface area contributed by atoms with Crippen molar-refractivity contribution in [2.75, 3.05) is 12.4 Å². The maximum Gasteiger partial charge on any atom is 0.341 e. The van der Waals surface area contributed by atoms with Gasteiger partial charge in [0.2, 0.25) is 0 Å². The number of fused-ring (bicyclic) bond motifs is 1. The number of aryl methyl sites for hydroxylation is 1. The molecule has 1 aliphatic rings. The van der Waals surface area contributed by atoms with E-state index >= 15 is 0 Å². The Bertz CT molecular complexity index is 740. The van der Waals surface area contributed by atoms with Gasteiger partial charge < -0.3 is 10.1 Å². The number of rotatable bonds is 3. The largest absolute Gasteiger partial charge is 0.465 e. The fourth-order valence-electron chi connectivity index (χ4n) is 3.00. The number of pyridine rings is 1. The second kappa shape index (κ2) is 7.57. The van der Waals surface area contributed by atoms with Crippen molar-refractivity contribution in [3.8, 4) is 0 Å². The fourth-order valence-corrected chi connectivity index (χ4v) is 4.28. The van der Waals surface area contributed by atoms with E-state index in [4.69, 9.17) is 4.74 Å². The Morgan fingerprint density at radius 3 is 2.54 bits per heavy atom. The molecule has 0 saturated carbocycles. The topological polar surface area (TPSA) is 68.3 Å². The van der Waals surface area contributed by atoms with Crippen molar-refractivity contribution in [3.63, 3.8) is 0 Å². The number of esters is 1. The quantitative estimate of drug-likeness (QED) is 0.859. The maximum atomic E-state index is 12.4. The minimum absolute atomic E-state index is 0.239. The molecule has 2 heterocycles. The number of hydrogen-bond acceptors (Lipinski definition) is 5. The number of carbonyl (C=O) groups is 2. The molecule has 0 bridgehead atoms. The smallest absolute Gasteiger partial charge is 0.341 e. The number of nitrogens with zero attached hydrogens (tertiary/aromatic N) is 1. The highest BCUT2D eigenvalue weighted by Crippen LogP contribution is 2.37. The van der Waals surface area contributed by atoms with Gasteiger partial charge >= 0.3 is 5.97 Å². The first-order valence-electron chi connectivity index (χ1n) is 8.15. The molecule has 126 valence electrons. The summed E-state index contributed by atoms with van der Waals surface area (Å²) in [6.45, 7) is 0. The summed E-state index contributed by atoms with van der Waals surface area (Å²) in [5.74, 6) is -0.616. The van der Waals surface area contributed by atoms with Crippen molar-refractivity contribution in [3.05, 3.63) is 46.1 Å². The summed E-state index contributed by atoms with van der Waals surface area (Å²) in [6.07, 6.45) is 9.53. The first-order valence-corrected chi connectivity index (χ1v) is 8.96. The Morgan fingerprint density at radius 1 is 1.12 bits per heavy atom. The van der Waals surface area contributed by atoms with Gasteiger partial charge in [-0.2, -0.15) is 0 Å². The van der Waals surface area contributed by atoms with E-state index in [1.54, 1.807) is 24.5 Å². The number of ether oxygens (including phenoxy) is 1. The zero-order valence-electron chi connectivity index (χ0n) is 13.6. The van der Waals surface area contributed by atoms with Crippen LogP contribution in [0.5, 0.6) is 0 Å². The van der Waals surface area contributed by atoms with Crippen LogP contribution in [0.25, 0.3) is 0 Å². The van der Waals surface area contributed by atoms with Crippen LogP contribution in [0.3, 0.4) is 0 Å². The van der Waals surface area contributed by atoms with E-state index in [1.807, 2.05) is 0 Å². The molecule has 6 heteroatoms. The monoisotopic (exact) mass is 344 g/mol. The molecule has 0 fully saturated rings. The number of carbonyl (C=O) groups excluding carboxylic acids is 2. The summed E-state index contributed by atoms with van der Waals surface area (Å²) in [7, 11) is 1.38. The summed E-state index contributed by atoms with van der Waals surface area (Å²) in [6, 6.07) is 3.30. The van der Waals surface area contributed by atoms with E-state index in [-0.39, 0.29) is 11.9 Å². The molecule has 0 aliphatic heterocycles. The lowest BCUT2D eigenvalue weighted by molar-refractivity contribution is 0.0601. The average Bonchev–Trinajstić information content (AvgIpc) is 2.91. The molecular formula is C18H20N2O3S. The lowest BCUT2D eigenvalue weighted by Crippen LogP contribution is -2.14. The lowest BCUT2D eigenvalue weighted by Gasteiger charge is -2.11. The number of amides is 1. The van der Waals surface area contributed by atoms with Gasteiger partial charge in [-0.25, -0.2) is 4.79 Å². The van der Waals surface area contributed by atoms with Crippen LogP contribution in [-0.4, -0.2) is 24.0 Å². The van der Waals surface area contributed by atoms with Crippen LogP contribution >= 0.6 is 11.3 Å². The molecule has 2 aromatic rings. The summed E-state index contributed by atoms with van der Waals surface area (Å²) in [5.41, 5.74) is 2.10. The highest BCUT2D eigenvalue weighted by molar-refractivity contribution is 7.17. The van der Waals surface area contributed by atoms with Gasteiger partial charge in [0.15, 0.2) is 0 Å². The third-order valence-corrected chi connectivity index (χ3v) is 5.44. The van der Waals surface area contributed by atoms with Crippen molar-refractivity contribution in [2.24, 2.45) is 0 Å². The molecule has 0 atom stereocenters. The maximum absolute atomic E-state index is 12.4. The SMILES string of the molecule is COC(=O)c1c(NC(=O)c2ccncc2)sc2c1CCCCCC2. The van der Waals surface area contributed by atoms with E-state index < -0.39 is 0 Å². The van der Waals surface area contributed by atoms with Gasteiger partial charge in [-0.3, -0.25) is 9.78 Å². The van der Waals surface area contributed by atoms with E-state index in [1.165, 1.54) is 36.2 Å². The highest BCUT2D eigenvalue weighted by atomic mass is 32.1. The lowest BCUT2D eigenvalue weighted by atomic mass is 9.96. The van der Waals surface area contributed by atoms with Gasteiger partial charge in [0.25, 0.3) is 5.91 Å². The zero-order valence-corrected chi connectivity index (χ0v) is 14.4. The Balaban J connectivity index is 1.95. The van der Waals surface area contributed by atoms with Crippen molar-refractivity contribution in [2.45, 2.75) is 38.5 Å². The van der Waals surface area contributed by atoms with E-state index in [2.05, 4.69) is 10.3 Å². The van der Waals surface area contributed by atoms with E-state index in [0.717, 1.165) is 31.2 Å². The molecular weight excluding hydrogens is 324 g/mol. The van der Waals surface area contributed by atoms with E-state index in [9.17, 15) is 9.59 Å². The number of nitrogens with one attached hydrogen (secondary N) is 1. The first kappa shape index (κ1) is 16.6. The van der Waals surface area contributed by atoms with Crippen LogP contribution in [0, 0.1) is 0 Å². The van der Waals surface area contributed by atoms with Crippen LogP contribution < -0.4 is 5.32 Å². The predicted octanol–water partition coefficient (Wildman–Crippen LogP) is 3.84. The molecule has 1 amide bonds. The van der Waals surface area contributed by atoms with Crippen molar-refractivity contribution >= 4 is 28.2 Å². The average molecular weight is 344 g/mol. The summed E-state index contributed by atoms with van der Waals surface area (Å²) in [4.78, 5) is 29.9. The van der Waals surface area contributed by atoms with Crippen molar-refractivity contribution in [1.29, 1.82) is 0 Å². The van der Waals surface area contributed by atoms with Gasteiger partial charge in [-0.05, 0) is 43.4 Å². The van der Waals surface area contributed by atoms with Gasteiger partial charge in [-0.1, -0.05) is 12.8 Å². The van der Waals surface area contributed by atoms with Gasteiger partial charge in [0.1, 0.15) is 5.00 Å². The standard InChI is InChI=1S/C18H20N2O3S/c1-23-18(22)15-13-6-4-2-3-5-7-14(13)24-17(15)20-16(21)12-8-10-19-11-9-12/h8-11H,2-7H2,1H3,(H,20,21). The number of thiophene rings is 1. The van der Waals surface area contributed by atoms with Crippen molar-refractivity contribution in [1.82, 2.24) is 4.98 Å². The highest BCUT2D eigenvalue weighted by Gasteiger charge is 2.26. The molecule has 24 heavy (non-hydrogen) atoms. The molecule has 5 nitrogen and oxygen atoms in total. The second-order valence-corrected chi connectivity index (χ2v) is 6.91. The first-order chi connectivity index (χ1) is 11.7. The number of anilines is 1. The molecule has 0 aromatic carbocycles. The number of hydrogen-bond donors (Lipinski definition) is 1. The van der Waals surface area contributed by atoms with E-state index in [0.29, 0.717) is 16.1 Å². The number of aromatic nitrogens is 1. The van der Waals surface area contributed by atoms with Crippen LogP contribution in [0.15, 0.2) is 24.5 Å². The summed E-state index contributed by atoms with van der Waals surface area (Å²) >= 11 is 1.50. The van der Waals surface area contributed by atoms with Crippen LogP contribution in [0.2, 0.25) is 0 Å². The minimum Gasteiger partial charge on any atom is -0.465 e. The zero-order chi connectivity index (χ0) is 16.9. The molecule has 0 saturated heterocycles. The fraction of sp³-hybridized carbons (Fsp3) is 0.389. The van der Waals surface area contributed by atoms with Crippen molar-refractivity contribution < 1.29 is 14.3 Å². The minimum atomic E-state index is -0.377. The molecule has 0 radical (unpaired) electrons. The third-order valence-electron chi connectivity index (χ3n) is 4.23. The Labute approximate surface area is 145 Å². The van der Waals surface area contributed by atoms with Gasteiger partial charge in [0.05, 0.1) is 12.7 Å². The van der Waals surface area contributed by atoms with Gasteiger partial charge in [0, 0.05) is 22.8 Å². The molecule has 2 aromatic heterocycles. The molecule has 1 aliphatic carbocycles. The Morgan fingerprint density at radius 2 is 1.83 bits per heavy atom. The predicted molar refractivity (Wildman–Crippen MR) is 93.7 cm³/mol. The van der Waals surface area contributed by atoms with Crippen LogP contribution in [-0.2, 0) is 17.6 Å². The number of methoxy groups -OCH3 is 1. The molecule has 0 unspecified atom stereocenters. The van der Waals surface area contributed by atoms with Crippen LogP contribution in [0.1, 0.15) is 56.8 Å². The third kappa shape index (κ3) is 3.48. The molecule has 1 N–H and O–H groups in total. The Kier molecular flexibility index (Phi) is 5.25. The van der Waals surface area contributed by atoms with Crippen LogP contribution in [0.4, 0.5) is 5.00 Å². The Hall–Kier alpha value is -2.21. The normalized spacial score (nSPS) is 14.2. The molecule has 3 rings (SSSR count). The molecule has 0 spiro atoms. The summed E-state index contributed by atoms with van der Waals surface area (Å²) in [5, 5.41) is 3.48. The second-order valence-electron chi connectivity index (χ2n) is 5.80.